The molecule has 0 saturated carbocycles. The van der Waals surface area contributed by atoms with Crippen LogP contribution in [-0.4, -0.2) is 61.3 Å². The molecule has 0 spiro atoms. The molecule has 7 N–H and O–H groups in total. The summed E-state index contributed by atoms with van der Waals surface area (Å²) in [6.45, 7) is -1.01. The first-order valence-corrected chi connectivity index (χ1v) is 17.6. The van der Waals surface area contributed by atoms with Gasteiger partial charge in [0.05, 0.1) is 28.3 Å². The van der Waals surface area contributed by atoms with Crippen molar-refractivity contribution in [2.45, 2.75) is 29.1 Å². The summed E-state index contributed by atoms with van der Waals surface area (Å²) < 4.78 is 62.5. The van der Waals surface area contributed by atoms with Crippen LogP contribution < -0.4 is 35.9 Å². The summed E-state index contributed by atoms with van der Waals surface area (Å²) in [5.41, 5.74) is 16.9. The number of fused-ring (bicyclic) bond motifs is 1. The van der Waals surface area contributed by atoms with E-state index in [2.05, 4.69) is 5.32 Å². The van der Waals surface area contributed by atoms with Crippen LogP contribution in [0.15, 0.2) is 94.7 Å². The molecule has 0 bridgehead atoms. The third kappa shape index (κ3) is 8.02. The third-order valence-electron chi connectivity index (χ3n) is 7.25. The Labute approximate surface area is 278 Å². The molecular formula is C32H36N6O8S2. The highest BCUT2D eigenvalue weighted by Crippen LogP contribution is 2.38. The second-order valence-electron chi connectivity index (χ2n) is 10.6. The van der Waals surface area contributed by atoms with Gasteiger partial charge in [0, 0.05) is 22.9 Å². The summed E-state index contributed by atoms with van der Waals surface area (Å²) in [7, 11) is -7.39. The lowest BCUT2D eigenvalue weighted by molar-refractivity contribution is -0.117. The van der Waals surface area contributed by atoms with E-state index in [0.717, 1.165) is 8.61 Å². The minimum Gasteiger partial charge on any atom is -0.497 e. The molecule has 14 nitrogen and oxygen atoms in total. The number of nitrogens with two attached hydrogens (primary N) is 3. The van der Waals surface area contributed by atoms with Crippen LogP contribution >= 0.6 is 0 Å². The number of primary amides is 2. The number of hydrogen-bond donors (Lipinski definition) is 4. The Morgan fingerprint density at radius 1 is 0.688 bits per heavy atom. The molecule has 0 aromatic heterocycles. The molecule has 254 valence electrons. The largest absolute Gasteiger partial charge is 0.497 e. The monoisotopic (exact) mass is 696 g/mol. The predicted octanol–water partition coefficient (Wildman–Crippen LogP) is 2.28. The van der Waals surface area contributed by atoms with Crippen LogP contribution in [0.25, 0.3) is 10.8 Å². The van der Waals surface area contributed by atoms with E-state index >= 15 is 0 Å². The van der Waals surface area contributed by atoms with Crippen molar-refractivity contribution in [3.05, 3.63) is 84.9 Å². The number of benzene rings is 4. The lowest BCUT2D eigenvalue weighted by Crippen LogP contribution is -2.39. The highest BCUT2D eigenvalue weighted by atomic mass is 32.2. The van der Waals surface area contributed by atoms with Gasteiger partial charge in [0.1, 0.15) is 18.8 Å². The van der Waals surface area contributed by atoms with Gasteiger partial charge >= 0.3 is 0 Å². The second-order valence-corrected chi connectivity index (χ2v) is 14.3. The quantitative estimate of drug-likeness (QED) is 0.126. The van der Waals surface area contributed by atoms with Crippen LogP contribution in [0.4, 0.5) is 17.1 Å². The van der Waals surface area contributed by atoms with Gasteiger partial charge in [-0.1, -0.05) is 24.3 Å². The lowest BCUT2D eigenvalue weighted by atomic mass is 10.1. The number of unbranched alkanes of at least 4 members (excludes halogenated alkanes) is 1. The molecule has 0 aliphatic rings. The van der Waals surface area contributed by atoms with Gasteiger partial charge in [0.2, 0.25) is 17.7 Å². The van der Waals surface area contributed by atoms with Crippen LogP contribution in [0.2, 0.25) is 0 Å². The molecule has 0 aliphatic heterocycles. The number of ether oxygens (including phenoxy) is 1. The normalized spacial score (nSPS) is 11.5. The molecule has 0 aliphatic carbocycles. The van der Waals surface area contributed by atoms with Crippen LogP contribution in [-0.2, 0) is 34.4 Å². The minimum atomic E-state index is -4.45. The van der Waals surface area contributed by atoms with Crippen molar-refractivity contribution in [1.29, 1.82) is 0 Å². The summed E-state index contributed by atoms with van der Waals surface area (Å²) in [5.74, 6) is -1.72. The molecule has 0 radical (unpaired) electrons. The summed E-state index contributed by atoms with van der Waals surface area (Å²) in [5, 5.41) is 3.18. The highest BCUT2D eigenvalue weighted by molar-refractivity contribution is 7.93. The van der Waals surface area contributed by atoms with E-state index in [4.69, 9.17) is 21.9 Å². The Kier molecular flexibility index (Phi) is 11.3. The number of hydrogen-bond acceptors (Lipinski definition) is 9. The van der Waals surface area contributed by atoms with E-state index in [-0.39, 0.29) is 44.3 Å². The fourth-order valence-corrected chi connectivity index (χ4v) is 7.85. The summed E-state index contributed by atoms with van der Waals surface area (Å²) in [6.07, 6.45) is 1.56. The third-order valence-corrected chi connectivity index (χ3v) is 10.8. The lowest BCUT2D eigenvalue weighted by Gasteiger charge is -2.28. The number of carbonyl (C=O) groups excluding carboxylic acids is 3. The van der Waals surface area contributed by atoms with Crippen molar-refractivity contribution in [2.75, 3.05) is 40.7 Å². The number of rotatable bonds is 16. The molecule has 48 heavy (non-hydrogen) atoms. The predicted molar refractivity (Wildman–Crippen MR) is 182 cm³/mol. The summed E-state index contributed by atoms with van der Waals surface area (Å²) >= 11 is 0. The standard InChI is InChI=1S/C32H36N6O8S2/c1-46-23-11-15-25(16-12-23)48(44,45)38(21-31(35)40)29-18-17-28(26-6-2-3-7-27(26)29)37(20-30(34)39)47(42,43)24-13-9-22(10-14-24)36-32(41)8-4-5-19-33/h2-3,6-7,9-18H,4-5,8,19-21,33H2,1H3,(H2,34,39)(H2,35,40)(H,36,41). The molecule has 4 rings (SSSR count). The zero-order chi connectivity index (χ0) is 35.1. The second kappa shape index (κ2) is 15.1. The number of methoxy groups -OCH3 is 1. The average molecular weight is 697 g/mol. The Balaban J connectivity index is 1.79. The topological polar surface area (TPSA) is 225 Å². The maximum absolute atomic E-state index is 14.0. The van der Waals surface area contributed by atoms with Crippen LogP contribution in [0.3, 0.4) is 0 Å². The van der Waals surface area contributed by atoms with Crippen LogP contribution in [0, 0.1) is 0 Å². The first-order chi connectivity index (χ1) is 22.8. The fraction of sp³-hybridized carbons (Fsp3) is 0.219. The smallest absolute Gasteiger partial charge is 0.264 e. The van der Waals surface area contributed by atoms with Gasteiger partial charge < -0.3 is 27.3 Å². The van der Waals surface area contributed by atoms with Crippen molar-refractivity contribution in [2.24, 2.45) is 17.2 Å². The number of anilines is 3. The number of nitrogens with zero attached hydrogens (tertiary/aromatic N) is 2. The molecule has 3 amide bonds. The number of amides is 3. The molecular weight excluding hydrogens is 661 g/mol. The number of sulfonamides is 2. The Bertz CT molecular complexity index is 2020. The van der Waals surface area contributed by atoms with Gasteiger partial charge in [-0.3, -0.25) is 23.0 Å². The van der Waals surface area contributed by atoms with E-state index < -0.39 is 45.0 Å². The molecule has 0 heterocycles. The molecule has 0 saturated heterocycles. The van der Waals surface area contributed by atoms with Crippen LogP contribution in [0.5, 0.6) is 5.75 Å². The molecule has 0 atom stereocenters. The average Bonchev–Trinajstić information content (AvgIpc) is 3.06. The summed E-state index contributed by atoms with van der Waals surface area (Å²) in [4.78, 5) is 36.2. The van der Waals surface area contributed by atoms with Crippen LogP contribution in [0.1, 0.15) is 19.3 Å². The van der Waals surface area contributed by atoms with Crippen molar-refractivity contribution >= 4 is 65.6 Å². The van der Waals surface area contributed by atoms with Gasteiger partial charge in [-0.15, -0.1) is 0 Å². The highest BCUT2D eigenvalue weighted by Gasteiger charge is 2.32. The Hall–Kier alpha value is -5.19. The number of nitrogens with one attached hydrogen (secondary N) is 1. The molecule has 4 aromatic rings. The van der Waals surface area contributed by atoms with Crippen molar-refractivity contribution in [3.63, 3.8) is 0 Å². The molecule has 0 fully saturated rings. The van der Waals surface area contributed by atoms with Crippen molar-refractivity contribution in [3.8, 4) is 5.75 Å². The maximum Gasteiger partial charge on any atom is 0.264 e. The van der Waals surface area contributed by atoms with E-state index in [1.54, 1.807) is 24.3 Å². The molecule has 16 heteroatoms. The van der Waals surface area contributed by atoms with Gasteiger partial charge in [0.25, 0.3) is 20.0 Å². The Morgan fingerprint density at radius 3 is 1.56 bits per heavy atom. The van der Waals surface area contributed by atoms with E-state index in [9.17, 15) is 31.2 Å². The van der Waals surface area contributed by atoms with E-state index in [0.29, 0.717) is 30.8 Å². The first-order valence-electron chi connectivity index (χ1n) is 14.7. The molecule has 4 aromatic carbocycles. The molecule has 0 unspecified atom stereocenters. The van der Waals surface area contributed by atoms with Gasteiger partial charge in [-0.25, -0.2) is 16.8 Å². The zero-order valence-corrected chi connectivity index (χ0v) is 27.7. The SMILES string of the molecule is COc1ccc(S(=O)(=O)N(CC(N)=O)c2ccc(N(CC(N)=O)S(=O)(=O)c3ccc(NC(=O)CCCCN)cc3)c3ccccc23)cc1. The zero-order valence-electron chi connectivity index (χ0n) is 26.0. The van der Waals surface area contributed by atoms with Gasteiger partial charge in [0.15, 0.2) is 0 Å². The maximum atomic E-state index is 14.0. The first kappa shape index (κ1) is 35.7. The Morgan fingerprint density at radius 2 is 1.15 bits per heavy atom. The van der Waals surface area contributed by atoms with E-state index in [1.165, 1.54) is 67.8 Å². The van der Waals surface area contributed by atoms with Gasteiger partial charge in [-0.2, -0.15) is 0 Å². The summed E-state index contributed by atoms with van der Waals surface area (Å²) in [6, 6.07) is 19.9. The van der Waals surface area contributed by atoms with Gasteiger partial charge in [-0.05, 0) is 80.1 Å². The number of carbonyl (C=O) groups is 3. The van der Waals surface area contributed by atoms with Crippen molar-refractivity contribution in [1.82, 2.24) is 0 Å². The van der Waals surface area contributed by atoms with E-state index in [1.807, 2.05) is 0 Å². The van der Waals surface area contributed by atoms with Crippen molar-refractivity contribution < 1.29 is 36.0 Å². The fourth-order valence-electron chi connectivity index (χ4n) is 4.95. The minimum absolute atomic E-state index is 0.0197.